The number of nitro benzene ring substituents is 1. The molecule has 138 valence electrons. The Morgan fingerprint density at radius 1 is 1.28 bits per heavy atom. The summed E-state index contributed by atoms with van der Waals surface area (Å²) in [6.45, 7) is 5.13. The van der Waals surface area contributed by atoms with Gasteiger partial charge in [-0.2, -0.15) is 0 Å². The van der Waals surface area contributed by atoms with Crippen LogP contribution in [0, 0.1) is 17.0 Å². The number of hydrogen-bond acceptors (Lipinski definition) is 5. The average molecular weight is 350 g/mol. The number of nitrogens with zero attached hydrogens (tertiary/aromatic N) is 1. The van der Waals surface area contributed by atoms with Crippen molar-refractivity contribution >= 4 is 17.6 Å². The fourth-order valence-corrected chi connectivity index (χ4v) is 2.54. The molecule has 1 atom stereocenters. The van der Waals surface area contributed by atoms with Gasteiger partial charge >= 0.3 is 5.97 Å². The van der Waals surface area contributed by atoms with E-state index in [9.17, 15) is 19.7 Å². The van der Waals surface area contributed by atoms with Gasteiger partial charge in [0.2, 0.25) is 0 Å². The van der Waals surface area contributed by atoms with Gasteiger partial charge in [-0.05, 0) is 26.3 Å². The smallest absolute Gasteiger partial charge is 0.345 e. The highest BCUT2D eigenvalue weighted by Gasteiger charge is 2.24. The second kappa shape index (κ2) is 10.4. The van der Waals surface area contributed by atoms with Crippen LogP contribution in [0.15, 0.2) is 18.2 Å². The third-order valence-corrected chi connectivity index (χ3v) is 3.87. The van der Waals surface area contributed by atoms with Crippen LogP contribution in [0.5, 0.6) is 0 Å². The Morgan fingerprint density at radius 2 is 2.00 bits per heavy atom. The summed E-state index contributed by atoms with van der Waals surface area (Å²) in [5.74, 6) is -1.28. The molecular formula is C18H26N2O5. The fraction of sp³-hybridized carbons (Fsp3) is 0.556. The van der Waals surface area contributed by atoms with Crippen LogP contribution in [0.1, 0.15) is 61.9 Å². The molecule has 1 aromatic rings. The molecule has 0 saturated heterocycles. The minimum absolute atomic E-state index is 0.00337. The maximum Gasteiger partial charge on any atom is 0.345 e. The summed E-state index contributed by atoms with van der Waals surface area (Å²) >= 11 is 0. The zero-order chi connectivity index (χ0) is 18.8. The second-order valence-corrected chi connectivity index (χ2v) is 6.12. The number of ether oxygens (including phenoxy) is 1. The molecular weight excluding hydrogens is 324 g/mol. The summed E-state index contributed by atoms with van der Waals surface area (Å²) in [7, 11) is 0. The maximum absolute atomic E-state index is 12.0. The highest BCUT2D eigenvalue weighted by Crippen LogP contribution is 2.23. The van der Waals surface area contributed by atoms with E-state index in [0.29, 0.717) is 5.56 Å². The van der Waals surface area contributed by atoms with Gasteiger partial charge in [-0.15, -0.1) is 0 Å². The number of nitrogens with one attached hydrogen (secondary N) is 1. The first kappa shape index (κ1) is 20.6. The summed E-state index contributed by atoms with van der Waals surface area (Å²) in [5.41, 5.74) is -0.0767. The first-order chi connectivity index (χ1) is 11.9. The van der Waals surface area contributed by atoms with Crippen LogP contribution in [0.4, 0.5) is 5.69 Å². The number of benzene rings is 1. The van der Waals surface area contributed by atoms with Crippen LogP contribution in [-0.4, -0.2) is 29.4 Å². The lowest BCUT2D eigenvalue weighted by molar-refractivity contribution is -0.385. The number of carbonyl (C=O) groups excluding carboxylic acids is 2. The Kier molecular flexibility index (Phi) is 8.60. The minimum Gasteiger partial charge on any atom is -0.452 e. The zero-order valence-corrected chi connectivity index (χ0v) is 15.0. The minimum atomic E-state index is -0.874. The molecule has 1 rings (SSSR count). The molecule has 0 saturated carbocycles. The van der Waals surface area contributed by atoms with Crippen LogP contribution < -0.4 is 5.32 Å². The summed E-state index contributed by atoms with van der Waals surface area (Å²) in [6, 6.07) is 4.40. The van der Waals surface area contributed by atoms with Crippen LogP contribution >= 0.6 is 0 Å². The molecule has 0 aromatic heterocycles. The van der Waals surface area contributed by atoms with Gasteiger partial charge < -0.3 is 10.1 Å². The van der Waals surface area contributed by atoms with Crippen molar-refractivity contribution in [2.24, 2.45) is 0 Å². The molecule has 1 unspecified atom stereocenters. The van der Waals surface area contributed by atoms with E-state index < -0.39 is 23.4 Å². The van der Waals surface area contributed by atoms with Gasteiger partial charge in [0.25, 0.3) is 11.6 Å². The average Bonchev–Trinajstić information content (AvgIpc) is 2.56. The fourth-order valence-electron chi connectivity index (χ4n) is 2.54. The topological polar surface area (TPSA) is 98.5 Å². The zero-order valence-electron chi connectivity index (χ0n) is 15.0. The van der Waals surface area contributed by atoms with E-state index in [1.54, 1.807) is 13.0 Å². The standard InChI is InChI=1S/C18H26N2O5/c1-4-5-6-7-10-14(3)19-16(21)12-25-18(22)15-11-8-9-13(2)17(15)20(23)24/h8-9,11,14H,4-7,10,12H2,1-3H3,(H,19,21). The van der Waals surface area contributed by atoms with E-state index >= 15 is 0 Å². The van der Waals surface area contributed by atoms with E-state index in [4.69, 9.17) is 4.74 Å². The quantitative estimate of drug-likeness (QED) is 0.301. The number of para-hydroxylation sites is 1. The molecule has 0 radical (unpaired) electrons. The van der Waals surface area contributed by atoms with Crippen molar-refractivity contribution in [3.05, 3.63) is 39.4 Å². The Labute approximate surface area is 147 Å². The Bertz CT molecular complexity index is 615. The van der Waals surface area contributed by atoms with Crippen molar-refractivity contribution in [3.8, 4) is 0 Å². The number of aryl methyl sites for hydroxylation is 1. The van der Waals surface area contributed by atoms with Gasteiger partial charge in [-0.25, -0.2) is 4.79 Å². The monoisotopic (exact) mass is 350 g/mol. The van der Waals surface area contributed by atoms with Crippen molar-refractivity contribution in [3.63, 3.8) is 0 Å². The number of unbranched alkanes of at least 4 members (excludes halogenated alkanes) is 3. The second-order valence-electron chi connectivity index (χ2n) is 6.12. The van der Waals surface area contributed by atoms with Crippen LogP contribution in [0.3, 0.4) is 0 Å². The number of esters is 1. The molecule has 7 nitrogen and oxygen atoms in total. The number of nitro groups is 1. The summed E-state index contributed by atoms with van der Waals surface area (Å²) in [6.07, 6.45) is 5.35. The number of amides is 1. The van der Waals surface area contributed by atoms with Gasteiger partial charge in [0.05, 0.1) is 4.92 Å². The molecule has 0 heterocycles. The maximum atomic E-state index is 12.0. The Balaban J connectivity index is 2.50. The van der Waals surface area contributed by atoms with Crippen molar-refractivity contribution in [2.75, 3.05) is 6.61 Å². The molecule has 1 amide bonds. The van der Waals surface area contributed by atoms with Gasteiger partial charge in [0.1, 0.15) is 5.56 Å². The summed E-state index contributed by atoms with van der Waals surface area (Å²) < 4.78 is 4.92. The third kappa shape index (κ3) is 6.91. The largest absolute Gasteiger partial charge is 0.452 e. The SMILES string of the molecule is CCCCCCC(C)NC(=O)COC(=O)c1cccc(C)c1[N+](=O)[O-]. The van der Waals surface area contributed by atoms with E-state index in [-0.39, 0.29) is 17.3 Å². The van der Waals surface area contributed by atoms with Crippen LogP contribution in [0.25, 0.3) is 0 Å². The van der Waals surface area contributed by atoms with Gasteiger partial charge in [0, 0.05) is 11.6 Å². The van der Waals surface area contributed by atoms with E-state index in [1.807, 2.05) is 6.92 Å². The first-order valence-electron chi connectivity index (χ1n) is 8.57. The van der Waals surface area contributed by atoms with Crippen LogP contribution in [-0.2, 0) is 9.53 Å². The number of carbonyl (C=O) groups is 2. The predicted molar refractivity (Wildman–Crippen MR) is 94.5 cm³/mol. The predicted octanol–water partition coefficient (Wildman–Crippen LogP) is 3.54. The number of rotatable bonds is 10. The Hall–Kier alpha value is -2.44. The summed E-state index contributed by atoms with van der Waals surface area (Å²) in [5, 5.41) is 13.9. The summed E-state index contributed by atoms with van der Waals surface area (Å²) in [4.78, 5) is 34.4. The van der Waals surface area contributed by atoms with Crippen molar-refractivity contribution in [1.29, 1.82) is 0 Å². The first-order valence-corrected chi connectivity index (χ1v) is 8.57. The van der Waals surface area contributed by atoms with Crippen molar-refractivity contribution in [2.45, 2.75) is 58.9 Å². The van der Waals surface area contributed by atoms with E-state index in [2.05, 4.69) is 12.2 Å². The lowest BCUT2D eigenvalue weighted by Crippen LogP contribution is -2.35. The van der Waals surface area contributed by atoms with Gasteiger partial charge in [0.15, 0.2) is 6.61 Å². The highest BCUT2D eigenvalue weighted by molar-refractivity contribution is 5.95. The molecule has 25 heavy (non-hydrogen) atoms. The van der Waals surface area contributed by atoms with Gasteiger partial charge in [-0.3, -0.25) is 14.9 Å². The lowest BCUT2D eigenvalue weighted by Gasteiger charge is -2.14. The normalized spacial score (nSPS) is 11.6. The van der Waals surface area contributed by atoms with Crippen LogP contribution in [0.2, 0.25) is 0 Å². The van der Waals surface area contributed by atoms with Crippen molar-refractivity contribution in [1.82, 2.24) is 5.32 Å². The molecule has 0 aliphatic heterocycles. The van der Waals surface area contributed by atoms with E-state index in [1.165, 1.54) is 18.6 Å². The highest BCUT2D eigenvalue weighted by atomic mass is 16.6. The lowest BCUT2D eigenvalue weighted by atomic mass is 10.1. The molecule has 0 fully saturated rings. The van der Waals surface area contributed by atoms with Crippen molar-refractivity contribution < 1.29 is 19.2 Å². The molecule has 7 heteroatoms. The van der Waals surface area contributed by atoms with Gasteiger partial charge in [-0.1, -0.05) is 44.7 Å². The third-order valence-electron chi connectivity index (χ3n) is 3.87. The van der Waals surface area contributed by atoms with E-state index in [0.717, 1.165) is 25.7 Å². The molecule has 0 aliphatic rings. The Morgan fingerprint density at radius 3 is 2.64 bits per heavy atom. The molecule has 0 aliphatic carbocycles. The molecule has 0 spiro atoms. The molecule has 1 aromatic carbocycles. The number of hydrogen-bond donors (Lipinski definition) is 1. The molecule has 0 bridgehead atoms. The molecule has 1 N–H and O–H groups in total.